The molecular weight excluding hydrogens is 398 g/mol. The minimum atomic E-state index is -0.554. The highest BCUT2D eigenvalue weighted by Gasteiger charge is 2.22. The van der Waals surface area contributed by atoms with E-state index in [4.69, 9.17) is 9.72 Å². The number of aromatic hydroxyl groups is 1. The molecule has 1 heterocycles. The minimum Gasteiger partial charge on any atom is -0.506 e. The van der Waals surface area contributed by atoms with Gasteiger partial charge in [-0.25, -0.2) is 9.78 Å². The monoisotopic (exact) mass is 419 g/mol. The van der Waals surface area contributed by atoms with Crippen molar-refractivity contribution in [2.24, 2.45) is 0 Å². The Bertz CT molecular complexity index is 1440. The molecule has 0 bridgehead atoms. The molecule has 1 N–H and O–H groups in total. The number of carbonyl (C=O) groups excluding carboxylic acids is 1. The van der Waals surface area contributed by atoms with Gasteiger partial charge in [-0.3, -0.25) is 0 Å². The number of esters is 1. The number of hydrogen-bond acceptors (Lipinski definition) is 4. The molecule has 0 amide bonds. The van der Waals surface area contributed by atoms with Gasteiger partial charge in [0.05, 0.1) is 17.6 Å². The molecule has 4 heteroatoms. The molecule has 4 aromatic carbocycles. The van der Waals surface area contributed by atoms with E-state index in [0.717, 1.165) is 27.6 Å². The van der Waals surface area contributed by atoms with Crippen molar-refractivity contribution in [3.05, 3.63) is 96.6 Å². The van der Waals surface area contributed by atoms with Crippen LogP contribution in [0.25, 0.3) is 44.1 Å². The van der Waals surface area contributed by atoms with Crippen LogP contribution < -0.4 is 0 Å². The van der Waals surface area contributed by atoms with E-state index in [1.807, 2.05) is 78.9 Å². The Morgan fingerprint density at radius 3 is 2.22 bits per heavy atom. The maximum atomic E-state index is 12.9. The number of para-hydroxylation sites is 1. The van der Waals surface area contributed by atoms with E-state index in [2.05, 4.69) is 12.1 Å². The zero-order chi connectivity index (χ0) is 22.1. The first-order valence-electron chi connectivity index (χ1n) is 10.5. The van der Waals surface area contributed by atoms with Crippen LogP contribution in [0.2, 0.25) is 0 Å². The van der Waals surface area contributed by atoms with Crippen LogP contribution in [0.1, 0.15) is 17.3 Å². The van der Waals surface area contributed by atoms with Crippen molar-refractivity contribution in [2.45, 2.75) is 6.92 Å². The maximum Gasteiger partial charge on any atom is 0.342 e. The van der Waals surface area contributed by atoms with E-state index < -0.39 is 5.97 Å². The summed E-state index contributed by atoms with van der Waals surface area (Å²) in [6.45, 7) is 1.97. The molecule has 0 aliphatic rings. The summed E-state index contributed by atoms with van der Waals surface area (Å²) in [6.07, 6.45) is 0. The average Bonchev–Trinajstić information content (AvgIpc) is 2.84. The number of phenolic OH excluding ortho intramolecular Hbond substituents is 1. The Labute approximate surface area is 185 Å². The number of phenols is 1. The zero-order valence-electron chi connectivity index (χ0n) is 17.6. The van der Waals surface area contributed by atoms with Gasteiger partial charge in [0.2, 0.25) is 0 Å². The predicted molar refractivity (Wildman–Crippen MR) is 128 cm³/mol. The highest BCUT2D eigenvalue weighted by atomic mass is 16.5. The molecule has 0 fully saturated rings. The summed E-state index contributed by atoms with van der Waals surface area (Å²) in [6, 6.07) is 29.4. The molecule has 0 aliphatic heterocycles. The summed E-state index contributed by atoms with van der Waals surface area (Å²) in [5.74, 6) is -0.663. The van der Waals surface area contributed by atoms with E-state index in [1.165, 1.54) is 0 Å². The predicted octanol–water partition coefficient (Wildman–Crippen LogP) is 6.60. The molecule has 0 atom stereocenters. The number of nitrogens with zero attached hydrogens (tertiary/aromatic N) is 1. The third-order valence-corrected chi connectivity index (χ3v) is 5.58. The first-order valence-corrected chi connectivity index (χ1v) is 10.5. The first kappa shape index (κ1) is 19.8. The average molecular weight is 419 g/mol. The molecule has 5 rings (SSSR count). The second-order valence-corrected chi connectivity index (χ2v) is 7.56. The Kier molecular flexibility index (Phi) is 5.04. The van der Waals surface area contributed by atoms with Gasteiger partial charge in [-0.1, -0.05) is 72.8 Å². The van der Waals surface area contributed by atoms with Gasteiger partial charge in [0.25, 0.3) is 0 Å². The summed E-state index contributed by atoms with van der Waals surface area (Å²) >= 11 is 0. The van der Waals surface area contributed by atoms with Crippen LogP contribution in [-0.2, 0) is 4.74 Å². The Morgan fingerprint density at radius 1 is 0.812 bits per heavy atom. The Hall–Kier alpha value is -4.18. The second kappa shape index (κ2) is 8.16. The molecule has 0 radical (unpaired) electrons. The summed E-state index contributed by atoms with van der Waals surface area (Å²) < 4.78 is 5.28. The van der Waals surface area contributed by atoms with Crippen molar-refractivity contribution < 1.29 is 14.6 Å². The third kappa shape index (κ3) is 3.46. The molecule has 156 valence electrons. The minimum absolute atomic E-state index is 0.110. The van der Waals surface area contributed by atoms with Crippen LogP contribution in [0, 0.1) is 0 Å². The molecule has 0 unspecified atom stereocenters. The number of benzene rings is 4. The topological polar surface area (TPSA) is 59.4 Å². The summed E-state index contributed by atoms with van der Waals surface area (Å²) in [5.41, 5.74) is 5.19. The standard InChI is InChI=1S/C28H21NO3/c1-2-32-28(31)26-22(20-14-12-19(13-15-20)18-8-4-3-5-9-18)17-25-23(27(26)30)16-21-10-6-7-11-24(21)29-25/h3-17,30H,2H2,1H3. The second-order valence-electron chi connectivity index (χ2n) is 7.56. The molecule has 0 aliphatic carbocycles. The number of aromatic nitrogens is 1. The van der Waals surface area contributed by atoms with Crippen LogP contribution in [0.15, 0.2) is 91.0 Å². The van der Waals surface area contributed by atoms with Crippen LogP contribution >= 0.6 is 0 Å². The largest absolute Gasteiger partial charge is 0.506 e. The van der Waals surface area contributed by atoms with Gasteiger partial charge >= 0.3 is 5.97 Å². The summed E-state index contributed by atoms with van der Waals surface area (Å²) in [4.78, 5) is 17.6. The fourth-order valence-corrected chi connectivity index (χ4v) is 4.01. The molecule has 0 spiro atoms. The highest BCUT2D eigenvalue weighted by Crippen LogP contribution is 2.38. The van der Waals surface area contributed by atoms with Crippen molar-refractivity contribution in [3.63, 3.8) is 0 Å². The molecule has 4 nitrogen and oxygen atoms in total. The number of hydrogen-bond donors (Lipinski definition) is 1. The number of rotatable bonds is 4. The van der Waals surface area contributed by atoms with Crippen LogP contribution in [-0.4, -0.2) is 22.7 Å². The van der Waals surface area contributed by atoms with Gasteiger partial charge in [0.15, 0.2) is 0 Å². The van der Waals surface area contributed by atoms with Crippen LogP contribution in [0.5, 0.6) is 5.75 Å². The SMILES string of the molecule is CCOC(=O)c1c(-c2ccc(-c3ccccc3)cc2)cc2nc3ccccc3cc2c1O. The summed E-state index contributed by atoms with van der Waals surface area (Å²) in [7, 11) is 0. The highest BCUT2D eigenvalue weighted by molar-refractivity contribution is 6.09. The lowest BCUT2D eigenvalue weighted by atomic mass is 9.94. The van der Waals surface area contributed by atoms with E-state index in [-0.39, 0.29) is 17.9 Å². The molecule has 1 aromatic heterocycles. The van der Waals surface area contributed by atoms with Crippen molar-refractivity contribution in [1.82, 2.24) is 4.98 Å². The van der Waals surface area contributed by atoms with Gasteiger partial charge < -0.3 is 9.84 Å². The maximum absolute atomic E-state index is 12.9. The van der Waals surface area contributed by atoms with E-state index in [0.29, 0.717) is 16.5 Å². The number of carbonyl (C=O) groups is 1. The molecule has 0 saturated carbocycles. The zero-order valence-corrected chi connectivity index (χ0v) is 17.6. The third-order valence-electron chi connectivity index (χ3n) is 5.58. The van der Waals surface area contributed by atoms with Gasteiger partial charge in [0.1, 0.15) is 11.3 Å². The number of fused-ring (bicyclic) bond motifs is 2. The molecule has 5 aromatic rings. The summed E-state index contributed by atoms with van der Waals surface area (Å²) in [5, 5.41) is 12.6. The smallest absolute Gasteiger partial charge is 0.342 e. The lowest BCUT2D eigenvalue weighted by Gasteiger charge is -2.14. The van der Waals surface area contributed by atoms with Gasteiger partial charge in [0, 0.05) is 16.3 Å². The molecule has 32 heavy (non-hydrogen) atoms. The lowest BCUT2D eigenvalue weighted by molar-refractivity contribution is 0.0524. The van der Waals surface area contributed by atoms with Crippen molar-refractivity contribution in [3.8, 4) is 28.0 Å². The van der Waals surface area contributed by atoms with Gasteiger partial charge in [-0.05, 0) is 41.8 Å². The molecular formula is C28H21NO3. The number of pyridine rings is 1. The van der Waals surface area contributed by atoms with E-state index >= 15 is 0 Å². The normalized spacial score (nSPS) is 11.0. The van der Waals surface area contributed by atoms with Crippen LogP contribution in [0.3, 0.4) is 0 Å². The Morgan fingerprint density at radius 2 is 1.47 bits per heavy atom. The van der Waals surface area contributed by atoms with E-state index in [1.54, 1.807) is 6.92 Å². The Balaban J connectivity index is 1.72. The number of ether oxygens (including phenoxy) is 1. The van der Waals surface area contributed by atoms with Crippen molar-refractivity contribution >= 4 is 27.8 Å². The molecule has 0 saturated heterocycles. The van der Waals surface area contributed by atoms with Crippen molar-refractivity contribution in [2.75, 3.05) is 6.61 Å². The fraction of sp³-hybridized carbons (Fsp3) is 0.0714. The first-order chi connectivity index (χ1) is 15.7. The quantitative estimate of drug-likeness (QED) is 0.263. The lowest BCUT2D eigenvalue weighted by Crippen LogP contribution is -2.07. The van der Waals surface area contributed by atoms with Crippen LogP contribution in [0.4, 0.5) is 0 Å². The van der Waals surface area contributed by atoms with Gasteiger partial charge in [-0.15, -0.1) is 0 Å². The fourth-order valence-electron chi connectivity index (χ4n) is 4.01. The van der Waals surface area contributed by atoms with Crippen molar-refractivity contribution in [1.29, 1.82) is 0 Å². The van der Waals surface area contributed by atoms with E-state index in [9.17, 15) is 9.90 Å². The van der Waals surface area contributed by atoms with Gasteiger partial charge in [-0.2, -0.15) is 0 Å².